The average molecular weight is 429 g/mol. The quantitative estimate of drug-likeness (QED) is 0.635. The molecule has 1 N–H and O–H groups in total. The zero-order valence-electron chi connectivity index (χ0n) is 14.8. The molecule has 3 aromatic rings. The Labute approximate surface area is 162 Å². The highest BCUT2D eigenvalue weighted by molar-refractivity contribution is 7.90. The molecule has 0 fully saturated rings. The zero-order chi connectivity index (χ0) is 21.2. The lowest BCUT2D eigenvalue weighted by Gasteiger charge is -2.10. The van der Waals surface area contributed by atoms with Crippen molar-refractivity contribution in [2.24, 2.45) is 0 Å². The maximum absolute atomic E-state index is 12.5. The number of sulfonamides is 1. The van der Waals surface area contributed by atoms with Gasteiger partial charge in [0, 0.05) is 18.7 Å². The molecule has 0 saturated carbocycles. The van der Waals surface area contributed by atoms with Gasteiger partial charge in [-0.2, -0.15) is 13.2 Å². The highest BCUT2D eigenvalue weighted by Gasteiger charge is 2.29. The first-order valence-electron chi connectivity index (χ1n) is 8.16. The minimum Gasteiger partial charge on any atom is -0.468 e. The van der Waals surface area contributed by atoms with Crippen molar-refractivity contribution in [1.29, 1.82) is 0 Å². The van der Waals surface area contributed by atoms with Crippen LogP contribution in [-0.4, -0.2) is 46.7 Å². The van der Waals surface area contributed by atoms with Crippen LogP contribution >= 0.6 is 0 Å². The summed E-state index contributed by atoms with van der Waals surface area (Å²) >= 11 is 0. The Morgan fingerprint density at radius 3 is 2.62 bits per heavy atom. The molecule has 0 spiro atoms. The molecule has 0 unspecified atom stereocenters. The van der Waals surface area contributed by atoms with Crippen molar-refractivity contribution in [2.75, 3.05) is 6.61 Å². The Bertz CT molecular complexity index is 1140. The molecule has 3 aromatic heterocycles. The number of fused-ring (bicyclic) bond motifs is 1. The SMILES string of the molecule is CCc1nnc2c(C(=O)NS(=O)(=O)c3ccc(OCC(F)(F)F)nc3)cccn12. The van der Waals surface area contributed by atoms with E-state index in [0.29, 0.717) is 12.2 Å². The van der Waals surface area contributed by atoms with E-state index < -0.39 is 39.5 Å². The van der Waals surface area contributed by atoms with E-state index in [0.717, 1.165) is 18.3 Å². The van der Waals surface area contributed by atoms with Crippen LogP contribution in [0.2, 0.25) is 0 Å². The molecule has 0 aromatic carbocycles. The molecule has 3 rings (SSSR count). The van der Waals surface area contributed by atoms with Crippen LogP contribution < -0.4 is 9.46 Å². The summed E-state index contributed by atoms with van der Waals surface area (Å²) < 4.78 is 69.1. The summed E-state index contributed by atoms with van der Waals surface area (Å²) in [6.07, 6.45) is -1.57. The predicted molar refractivity (Wildman–Crippen MR) is 92.8 cm³/mol. The summed E-state index contributed by atoms with van der Waals surface area (Å²) in [6, 6.07) is 4.87. The van der Waals surface area contributed by atoms with Gasteiger partial charge in [0.25, 0.3) is 15.9 Å². The zero-order valence-corrected chi connectivity index (χ0v) is 15.7. The van der Waals surface area contributed by atoms with Crippen molar-refractivity contribution in [3.05, 3.63) is 48.0 Å². The summed E-state index contributed by atoms with van der Waals surface area (Å²) in [5.41, 5.74) is 0.174. The van der Waals surface area contributed by atoms with Gasteiger partial charge in [-0.15, -0.1) is 10.2 Å². The van der Waals surface area contributed by atoms with E-state index in [1.165, 1.54) is 6.07 Å². The third-order valence-corrected chi connectivity index (χ3v) is 5.01. The number of hydrogen-bond acceptors (Lipinski definition) is 7. The van der Waals surface area contributed by atoms with Crippen LogP contribution in [0.1, 0.15) is 23.1 Å². The van der Waals surface area contributed by atoms with Crippen molar-refractivity contribution in [3.63, 3.8) is 0 Å². The number of carbonyl (C=O) groups excluding carboxylic acids is 1. The molecular formula is C16H14F3N5O4S. The number of amides is 1. The van der Waals surface area contributed by atoms with Crippen LogP contribution in [0.5, 0.6) is 5.88 Å². The molecule has 0 aliphatic carbocycles. The molecule has 3 heterocycles. The second-order valence-electron chi connectivity index (χ2n) is 5.76. The maximum atomic E-state index is 12.5. The lowest BCUT2D eigenvalue weighted by molar-refractivity contribution is -0.154. The van der Waals surface area contributed by atoms with Gasteiger partial charge in [-0.25, -0.2) is 18.1 Å². The predicted octanol–water partition coefficient (Wildman–Crippen LogP) is 1.75. The molecule has 9 nitrogen and oxygen atoms in total. The number of carbonyl (C=O) groups is 1. The number of rotatable bonds is 6. The molecule has 0 aliphatic rings. The molecule has 13 heteroatoms. The number of ether oxygens (including phenoxy) is 1. The lowest BCUT2D eigenvalue weighted by Crippen LogP contribution is -2.31. The van der Waals surface area contributed by atoms with E-state index in [9.17, 15) is 26.4 Å². The molecule has 29 heavy (non-hydrogen) atoms. The summed E-state index contributed by atoms with van der Waals surface area (Å²) in [5, 5.41) is 7.84. The topological polar surface area (TPSA) is 116 Å². The minimum absolute atomic E-state index is 0.0126. The number of aromatic nitrogens is 4. The van der Waals surface area contributed by atoms with Crippen molar-refractivity contribution in [3.8, 4) is 5.88 Å². The van der Waals surface area contributed by atoms with Gasteiger partial charge in [0.2, 0.25) is 5.88 Å². The molecule has 0 aliphatic heterocycles. The van der Waals surface area contributed by atoms with E-state index in [2.05, 4.69) is 19.9 Å². The number of alkyl halides is 3. The Morgan fingerprint density at radius 2 is 2.00 bits per heavy atom. The normalized spacial score (nSPS) is 12.1. The molecule has 154 valence electrons. The fourth-order valence-corrected chi connectivity index (χ4v) is 3.30. The Kier molecular flexibility index (Phi) is 5.42. The van der Waals surface area contributed by atoms with Crippen LogP contribution in [0.15, 0.2) is 41.6 Å². The number of nitrogens with zero attached hydrogens (tertiary/aromatic N) is 4. The van der Waals surface area contributed by atoms with Gasteiger partial charge in [0.15, 0.2) is 12.3 Å². The number of halogens is 3. The van der Waals surface area contributed by atoms with Crippen LogP contribution in [0.4, 0.5) is 13.2 Å². The van der Waals surface area contributed by atoms with Crippen LogP contribution in [0.3, 0.4) is 0 Å². The van der Waals surface area contributed by atoms with E-state index in [4.69, 9.17) is 0 Å². The second kappa shape index (κ2) is 7.66. The van der Waals surface area contributed by atoms with Crippen LogP contribution in [0.25, 0.3) is 5.65 Å². The van der Waals surface area contributed by atoms with Crippen molar-refractivity contribution in [2.45, 2.75) is 24.4 Å². The first-order chi connectivity index (χ1) is 13.6. The fraction of sp³-hybridized carbons (Fsp3) is 0.250. The number of aryl methyl sites for hydroxylation is 1. The van der Waals surface area contributed by atoms with Gasteiger partial charge in [-0.1, -0.05) is 6.92 Å². The van der Waals surface area contributed by atoms with E-state index in [1.54, 1.807) is 16.7 Å². The molecule has 0 radical (unpaired) electrons. The van der Waals surface area contributed by atoms with Gasteiger partial charge in [-0.3, -0.25) is 9.20 Å². The first kappa shape index (κ1) is 20.5. The minimum atomic E-state index is -4.55. The van der Waals surface area contributed by atoms with E-state index in [1.807, 2.05) is 11.6 Å². The van der Waals surface area contributed by atoms with Gasteiger partial charge in [-0.05, 0) is 18.2 Å². The lowest BCUT2D eigenvalue weighted by atomic mass is 10.2. The molecule has 0 bridgehead atoms. The Morgan fingerprint density at radius 1 is 1.24 bits per heavy atom. The van der Waals surface area contributed by atoms with Gasteiger partial charge < -0.3 is 4.74 Å². The standard InChI is InChI=1S/C16H14F3N5O4S/c1-2-12-21-22-14-11(4-3-7-24(12)14)15(25)23-29(26,27)10-5-6-13(20-8-10)28-9-16(17,18)19/h3-8H,2,9H2,1H3,(H,23,25). The van der Waals surface area contributed by atoms with Gasteiger partial charge >= 0.3 is 6.18 Å². The second-order valence-corrected chi connectivity index (χ2v) is 7.44. The van der Waals surface area contributed by atoms with Crippen molar-refractivity contribution in [1.82, 2.24) is 24.3 Å². The number of pyridine rings is 2. The summed E-state index contributed by atoms with van der Waals surface area (Å²) in [4.78, 5) is 15.6. The maximum Gasteiger partial charge on any atom is 0.422 e. The molecular weight excluding hydrogens is 415 g/mol. The molecule has 0 atom stereocenters. The van der Waals surface area contributed by atoms with Gasteiger partial charge in [0.05, 0.1) is 11.8 Å². The first-order valence-corrected chi connectivity index (χ1v) is 9.64. The number of nitrogens with one attached hydrogen (secondary N) is 1. The average Bonchev–Trinajstić information content (AvgIpc) is 3.09. The van der Waals surface area contributed by atoms with Crippen LogP contribution in [-0.2, 0) is 16.4 Å². The van der Waals surface area contributed by atoms with Crippen LogP contribution in [0, 0.1) is 0 Å². The summed E-state index contributed by atoms with van der Waals surface area (Å²) in [7, 11) is -4.33. The number of hydrogen-bond donors (Lipinski definition) is 1. The molecule has 1 amide bonds. The third kappa shape index (κ3) is 4.62. The van der Waals surface area contributed by atoms with E-state index >= 15 is 0 Å². The molecule has 0 saturated heterocycles. The smallest absolute Gasteiger partial charge is 0.422 e. The highest BCUT2D eigenvalue weighted by atomic mass is 32.2. The Balaban J connectivity index is 1.79. The monoisotopic (exact) mass is 429 g/mol. The van der Waals surface area contributed by atoms with Gasteiger partial charge in [0.1, 0.15) is 10.7 Å². The largest absolute Gasteiger partial charge is 0.468 e. The summed E-state index contributed by atoms with van der Waals surface area (Å²) in [6.45, 7) is 0.285. The van der Waals surface area contributed by atoms with E-state index in [-0.39, 0.29) is 11.2 Å². The Hall–Kier alpha value is -3.22. The fourth-order valence-electron chi connectivity index (χ4n) is 2.38. The third-order valence-electron chi connectivity index (χ3n) is 3.70. The summed E-state index contributed by atoms with van der Waals surface area (Å²) in [5.74, 6) is -0.757. The highest BCUT2D eigenvalue weighted by Crippen LogP contribution is 2.18. The van der Waals surface area contributed by atoms with Crippen molar-refractivity contribution >= 4 is 21.6 Å². The van der Waals surface area contributed by atoms with Crippen molar-refractivity contribution < 1.29 is 31.1 Å².